The summed E-state index contributed by atoms with van der Waals surface area (Å²) in [6, 6.07) is 4.03. The standard InChI is InChI=1S/C43H58N6O7/c1-7-34-40(53)49-24-28(11-12-38(49)47(34)6)20-29-21-30(41(54)56-29)33(46-37-10-8-9-15-44-37)22-31-26(2)32(45-27(3)39(52)48-16-18-55-19-17-48)23-35-42(31,4)14-13-36(51)43(35,5)25-50/h8-12,15,20-21,24,27,31-36,38,45,50-51H,2,7,13-14,16-19,22-23,25H2,1,3-6H3,(H,44,46)/b29-20+/t27?,31?,32?,33?,34?,35?,36-,38?,42-,43+/m1/s1. The number of hydrogen-bond acceptors (Lipinski definition) is 11. The average molecular weight is 771 g/mol. The number of hydrogen-bond donors (Lipinski definition) is 4. The van der Waals surface area contributed by atoms with E-state index in [2.05, 4.69) is 27.4 Å². The molecule has 302 valence electrons. The summed E-state index contributed by atoms with van der Waals surface area (Å²) in [6.07, 6.45) is 13.1. The number of likely N-dealkylation sites (N-methyl/N-ethyl adjacent to an activating group) is 1. The zero-order valence-corrected chi connectivity index (χ0v) is 33.3. The number of rotatable bonds is 11. The third-order valence-corrected chi connectivity index (χ3v) is 13.7. The van der Waals surface area contributed by atoms with Gasteiger partial charge in [-0.05, 0) is 99.3 Å². The Morgan fingerprint density at radius 2 is 1.98 bits per heavy atom. The Kier molecular flexibility index (Phi) is 11.5. The van der Waals surface area contributed by atoms with E-state index in [9.17, 15) is 24.6 Å². The first-order valence-corrected chi connectivity index (χ1v) is 20.2. The summed E-state index contributed by atoms with van der Waals surface area (Å²) < 4.78 is 11.4. The maximum Gasteiger partial charge on any atom is 0.341 e. The van der Waals surface area contributed by atoms with E-state index in [0.29, 0.717) is 75.6 Å². The molecule has 13 nitrogen and oxygen atoms in total. The predicted octanol–water partition coefficient (Wildman–Crippen LogP) is 3.51. The van der Waals surface area contributed by atoms with Gasteiger partial charge in [0.15, 0.2) is 0 Å². The van der Waals surface area contributed by atoms with Gasteiger partial charge in [0.05, 0.1) is 49.6 Å². The molecule has 4 aliphatic heterocycles. The van der Waals surface area contributed by atoms with Crippen molar-refractivity contribution in [2.45, 2.75) is 96.2 Å². The first kappa shape index (κ1) is 40.1. The number of carbonyl (C=O) groups excluding carboxylic acids is 3. The molecule has 2 saturated heterocycles. The highest BCUT2D eigenvalue weighted by molar-refractivity contribution is 5.95. The molecule has 1 aromatic heterocycles. The summed E-state index contributed by atoms with van der Waals surface area (Å²) in [5, 5.41) is 29.5. The van der Waals surface area contributed by atoms with Crippen molar-refractivity contribution in [3.05, 3.63) is 84.0 Å². The molecular weight excluding hydrogens is 713 g/mol. The molecular formula is C43H58N6O7. The Balaban J connectivity index is 1.21. The number of fused-ring (bicyclic) bond motifs is 2. The van der Waals surface area contributed by atoms with E-state index < -0.39 is 35.0 Å². The Morgan fingerprint density at radius 3 is 2.68 bits per heavy atom. The lowest BCUT2D eigenvalue weighted by atomic mass is 9.45. The molecule has 6 aliphatic rings. The number of anilines is 1. The lowest BCUT2D eigenvalue weighted by molar-refractivity contribution is -0.157. The van der Waals surface area contributed by atoms with Crippen LogP contribution in [0.3, 0.4) is 0 Å². The van der Waals surface area contributed by atoms with Crippen LogP contribution in [-0.2, 0) is 23.9 Å². The van der Waals surface area contributed by atoms with Gasteiger partial charge in [-0.25, -0.2) is 9.78 Å². The fourth-order valence-corrected chi connectivity index (χ4v) is 10.4. The molecule has 0 aromatic carbocycles. The van der Waals surface area contributed by atoms with Crippen LogP contribution in [0.5, 0.6) is 0 Å². The van der Waals surface area contributed by atoms with E-state index in [0.717, 1.165) is 11.1 Å². The van der Waals surface area contributed by atoms with Gasteiger partial charge >= 0.3 is 5.97 Å². The van der Waals surface area contributed by atoms with Crippen molar-refractivity contribution in [1.29, 1.82) is 0 Å². The van der Waals surface area contributed by atoms with Crippen LogP contribution in [0.1, 0.15) is 59.8 Å². The molecule has 5 heterocycles. The number of allylic oxidation sites excluding steroid dienone is 4. The highest BCUT2D eigenvalue weighted by Gasteiger charge is 2.60. The van der Waals surface area contributed by atoms with E-state index in [1.54, 1.807) is 23.2 Å². The molecule has 4 N–H and O–H groups in total. The molecule has 56 heavy (non-hydrogen) atoms. The van der Waals surface area contributed by atoms with Gasteiger partial charge in [0, 0.05) is 36.9 Å². The van der Waals surface area contributed by atoms with Crippen molar-refractivity contribution in [3.8, 4) is 0 Å². The molecule has 7 rings (SSSR count). The lowest BCUT2D eigenvalue weighted by Crippen LogP contribution is -2.62. The van der Waals surface area contributed by atoms with Crippen molar-refractivity contribution >= 4 is 23.6 Å². The molecule has 10 atom stereocenters. The second-order valence-electron chi connectivity index (χ2n) is 16.9. The van der Waals surface area contributed by atoms with Crippen molar-refractivity contribution in [3.63, 3.8) is 0 Å². The number of aliphatic hydroxyl groups is 2. The summed E-state index contributed by atoms with van der Waals surface area (Å²) in [6.45, 7) is 14.7. The average Bonchev–Trinajstić information content (AvgIpc) is 3.69. The number of pyridine rings is 1. The van der Waals surface area contributed by atoms with Gasteiger partial charge in [-0.3, -0.25) is 24.7 Å². The minimum Gasteiger partial charge on any atom is -0.423 e. The second kappa shape index (κ2) is 16.0. The van der Waals surface area contributed by atoms with Gasteiger partial charge in [0.2, 0.25) is 11.8 Å². The number of ether oxygens (including phenoxy) is 2. The Morgan fingerprint density at radius 1 is 1.21 bits per heavy atom. The highest BCUT2D eigenvalue weighted by atomic mass is 16.5. The number of amides is 2. The molecule has 1 aromatic rings. The molecule has 13 heteroatoms. The van der Waals surface area contributed by atoms with Crippen LogP contribution in [0.2, 0.25) is 0 Å². The SMILES string of the molecule is C=C1C(NC(C)C(=O)N2CCOCC2)CC2[C@](C)(CC[C@@H](O)[C@@]2(C)CO)C1CC(Nc1ccccn1)C1=C/C(=C\C2=CN3C(=O)C(CC)N(C)C3C=C2)OC1=O. The molecule has 0 bridgehead atoms. The van der Waals surface area contributed by atoms with Crippen molar-refractivity contribution in [2.75, 3.05) is 45.3 Å². The normalized spacial score (nSPS) is 35.1. The third kappa shape index (κ3) is 7.28. The number of morpholine rings is 1. The molecule has 0 radical (unpaired) electrons. The van der Waals surface area contributed by atoms with Crippen LogP contribution in [0.15, 0.2) is 84.0 Å². The lowest BCUT2D eigenvalue weighted by Gasteiger charge is -2.62. The van der Waals surface area contributed by atoms with E-state index in [1.807, 2.05) is 69.3 Å². The summed E-state index contributed by atoms with van der Waals surface area (Å²) in [4.78, 5) is 50.8. The van der Waals surface area contributed by atoms with E-state index in [4.69, 9.17) is 16.1 Å². The van der Waals surface area contributed by atoms with Crippen molar-refractivity contribution in [1.82, 2.24) is 25.0 Å². The largest absolute Gasteiger partial charge is 0.423 e. The topological polar surface area (TPSA) is 157 Å². The fourth-order valence-electron chi connectivity index (χ4n) is 10.4. The Hall–Kier alpha value is -4.14. The maximum absolute atomic E-state index is 13.9. The van der Waals surface area contributed by atoms with E-state index >= 15 is 0 Å². The Labute approximate surface area is 330 Å². The van der Waals surface area contributed by atoms with Crippen LogP contribution < -0.4 is 10.6 Å². The molecule has 7 unspecified atom stereocenters. The minimum absolute atomic E-state index is 0.00259. The smallest absolute Gasteiger partial charge is 0.341 e. The second-order valence-corrected chi connectivity index (χ2v) is 16.9. The number of cyclic esters (lactones) is 1. The van der Waals surface area contributed by atoms with Crippen LogP contribution in [0, 0.1) is 22.7 Å². The Bertz CT molecular complexity index is 1820. The summed E-state index contributed by atoms with van der Waals surface area (Å²) >= 11 is 0. The van der Waals surface area contributed by atoms with E-state index in [1.165, 1.54) is 0 Å². The van der Waals surface area contributed by atoms with Crippen LogP contribution >= 0.6 is 0 Å². The zero-order valence-electron chi connectivity index (χ0n) is 33.3. The summed E-state index contributed by atoms with van der Waals surface area (Å²) in [5.74, 6) is 0.192. The number of aliphatic hydroxyl groups excluding tert-OH is 2. The number of nitrogens with zero attached hydrogens (tertiary/aromatic N) is 4. The number of aromatic nitrogens is 1. The quantitative estimate of drug-likeness (QED) is 0.193. The minimum atomic E-state index is -0.794. The van der Waals surface area contributed by atoms with Crippen LogP contribution in [0.4, 0.5) is 5.82 Å². The molecule has 0 spiro atoms. The molecule has 2 aliphatic carbocycles. The van der Waals surface area contributed by atoms with Gasteiger partial charge in [-0.1, -0.05) is 45.1 Å². The van der Waals surface area contributed by atoms with Crippen molar-refractivity contribution < 1.29 is 34.1 Å². The first-order chi connectivity index (χ1) is 26.8. The van der Waals surface area contributed by atoms with Gasteiger partial charge < -0.3 is 29.9 Å². The predicted molar refractivity (Wildman–Crippen MR) is 211 cm³/mol. The number of carbonyl (C=O) groups is 3. The van der Waals surface area contributed by atoms with Gasteiger partial charge in [-0.15, -0.1) is 0 Å². The summed E-state index contributed by atoms with van der Waals surface area (Å²) in [7, 11) is 1.95. The van der Waals surface area contributed by atoms with Gasteiger partial charge in [0.1, 0.15) is 17.7 Å². The van der Waals surface area contributed by atoms with Gasteiger partial charge in [0.25, 0.3) is 0 Å². The third-order valence-electron chi connectivity index (χ3n) is 13.7. The van der Waals surface area contributed by atoms with Crippen LogP contribution in [-0.4, -0.2) is 124 Å². The van der Waals surface area contributed by atoms with E-state index in [-0.39, 0.29) is 48.5 Å². The van der Waals surface area contributed by atoms with Crippen molar-refractivity contribution in [2.24, 2.45) is 22.7 Å². The van der Waals surface area contributed by atoms with Crippen LogP contribution in [0.25, 0.3) is 0 Å². The zero-order chi connectivity index (χ0) is 39.9. The molecule has 2 saturated carbocycles. The first-order valence-electron chi connectivity index (χ1n) is 20.2. The van der Waals surface area contributed by atoms with Gasteiger partial charge in [-0.2, -0.15) is 0 Å². The highest BCUT2D eigenvalue weighted by Crippen LogP contribution is 2.62. The number of nitrogens with one attached hydrogen (secondary N) is 2. The monoisotopic (exact) mass is 770 g/mol. The summed E-state index contributed by atoms with van der Waals surface area (Å²) in [5.41, 5.74) is 0.898. The fraction of sp³-hybridized carbons (Fsp3) is 0.581. The molecule has 2 amide bonds. The maximum atomic E-state index is 13.9. The molecule has 4 fully saturated rings. The number of esters is 1.